The zero-order chi connectivity index (χ0) is 49.2. The molecule has 1 fully saturated rings. The van der Waals surface area contributed by atoms with Crippen LogP contribution in [0.1, 0.15) is 108 Å². The lowest BCUT2D eigenvalue weighted by Crippen LogP contribution is -2.60. The van der Waals surface area contributed by atoms with Crippen LogP contribution in [-0.2, 0) is 39.9 Å². The Balaban J connectivity index is 1.80. The normalized spacial score (nSPS) is 17.8. The van der Waals surface area contributed by atoms with Crippen molar-refractivity contribution in [3.8, 4) is 0 Å². The van der Waals surface area contributed by atoms with Crippen LogP contribution < -0.4 is 10.6 Å². The average molecular weight is 920 g/mol. The molecule has 0 aliphatic carbocycles. The van der Waals surface area contributed by atoms with Gasteiger partial charge in [-0.05, 0) is 80.3 Å². The van der Waals surface area contributed by atoms with E-state index in [1.807, 2.05) is 88.9 Å². The fraction of sp³-hybridized carbons (Fsp3) is 0.608. The molecule has 3 rings (SSSR count). The number of amides is 4. The van der Waals surface area contributed by atoms with Crippen molar-refractivity contribution in [2.45, 2.75) is 136 Å². The van der Waals surface area contributed by atoms with Gasteiger partial charge in [0.2, 0.25) is 23.6 Å². The molecule has 4 amide bonds. The van der Waals surface area contributed by atoms with Crippen LogP contribution in [0.25, 0.3) is 6.08 Å². The summed E-state index contributed by atoms with van der Waals surface area (Å²) >= 11 is 0. The van der Waals surface area contributed by atoms with Crippen LogP contribution in [0.5, 0.6) is 0 Å². The van der Waals surface area contributed by atoms with E-state index in [1.54, 1.807) is 50.1 Å². The Bertz CT molecular complexity index is 1910. The fourth-order valence-electron chi connectivity index (χ4n) is 9.22. The number of aliphatic carboxylic acids is 1. The van der Waals surface area contributed by atoms with Crippen molar-refractivity contribution in [1.29, 1.82) is 0 Å². The number of rotatable bonds is 27. The topological polar surface area (TPSA) is 195 Å². The molecule has 0 bridgehead atoms. The molecule has 1 heterocycles. The van der Waals surface area contributed by atoms with Crippen molar-refractivity contribution in [2.75, 3.05) is 41.4 Å². The summed E-state index contributed by atoms with van der Waals surface area (Å²) in [4.78, 5) is 84.7. The van der Waals surface area contributed by atoms with Crippen LogP contribution in [0.15, 0.2) is 60.7 Å². The Morgan fingerprint density at radius 1 is 0.864 bits per heavy atom. The molecule has 0 spiro atoms. The minimum atomic E-state index is -1.01. The van der Waals surface area contributed by atoms with E-state index in [0.717, 1.165) is 17.5 Å². The Hall–Kier alpha value is -5.12. The number of likely N-dealkylation sites (N-methyl/N-ethyl adjacent to an activating group) is 2. The van der Waals surface area contributed by atoms with Crippen molar-refractivity contribution in [1.82, 2.24) is 25.3 Å². The van der Waals surface area contributed by atoms with E-state index in [0.29, 0.717) is 38.8 Å². The SMILES string of the molecule is CC[C@H](C)[C@@H]([C@@H](CC(=O)N1CCC[C@H]1[C@H](OC)[C@@H](C)C(=O)N[C@H](/C=C/c1ccc(C(=O)O)cc1)Cc1ccccc1)OC)N(C)C(=O)[C@@H](NC(=O)[C@H](C(C)C)N(C)CCCC(=O)O)C(C)C. The number of methoxy groups -OCH3 is 2. The van der Waals surface area contributed by atoms with E-state index in [1.165, 1.54) is 19.2 Å². The number of carbonyl (C=O) groups excluding carboxylic acids is 4. The van der Waals surface area contributed by atoms with Gasteiger partial charge in [0.15, 0.2) is 0 Å². The summed E-state index contributed by atoms with van der Waals surface area (Å²) in [7, 11) is 6.58. The number of carboxylic acid groups (broad SMARTS) is 2. The molecule has 366 valence electrons. The van der Waals surface area contributed by atoms with Gasteiger partial charge >= 0.3 is 11.9 Å². The van der Waals surface area contributed by atoms with Gasteiger partial charge in [-0.3, -0.25) is 28.9 Å². The maximum atomic E-state index is 14.5. The molecule has 15 heteroatoms. The number of nitrogens with one attached hydrogen (secondary N) is 2. The Kier molecular flexibility index (Phi) is 22.5. The highest BCUT2D eigenvalue weighted by Gasteiger charge is 2.43. The van der Waals surface area contributed by atoms with Gasteiger partial charge in [-0.25, -0.2) is 4.79 Å². The van der Waals surface area contributed by atoms with Crippen LogP contribution >= 0.6 is 0 Å². The molecule has 2 aromatic carbocycles. The number of benzene rings is 2. The second-order valence-electron chi connectivity index (χ2n) is 18.6. The first kappa shape index (κ1) is 55.2. The zero-order valence-electron chi connectivity index (χ0n) is 41.1. The summed E-state index contributed by atoms with van der Waals surface area (Å²) in [6.07, 6.45) is 5.33. The molecular formula is C51H77N5O10. The van der Waals surface area contributed by atoms with Gasteiger partial charge in [0, 0.05) is 34.2 Å². The van der Waals surface area contributed by atoms with Crippen LogP contribution in [0.2, 0.25) is 0 Å². The van der Waals surface area contributed by atoms with Gasteiger partial charge < -0.3 is 40.1 Å². The third-order valence-corrected chi connectivity index (χ3v) is 13.1. The van der Waals surface area contributed by atoms with E-state index in [-0.39, 0.29) is 59.8 Å². The van der Waals surface area contributed by atoms with Gasteiger partial charge in [-0.2, -0.15) is 0 Å². The smallest absolute Gasteiger partial charge is 0.335 e. The van der Waals surface area contributed by atoms with Crippen molar-refractivity contribution in [3.63, 3.8) is 0 Å². The molecule has 9 atom stereocenters. The number of likely N-dealkylation sites (tertiary alicyclic amines) is 1. The molecule has 0 radical (unpaired) electrons. The molecule has 1 saturated heterocycles. The first-order valence-electron chi connectivity index (χ1n) is 23.5. The second kappa shape index (κ2) is 26.9. The highest BCUT2D eigenvalue weighted by Crippen LogP contribution is 2.30. The summed E-state index contributed by atoms with van der Waals surface area (Å²) in [5.74, 6) is -4.05. The molecule has 1 aliphatic heterocycles. The quantitative estimate of drug-likeness (QED) is 0.0820. The van der Waals surface area contributed by atoms with Gasteiger partial charge in [0.1, 0.15) is 6.04 Å². The summed E-state index contributed by atoms with van der Waals surface area (Å²) in [6, 6.07) is 13.5. The van der Waals surface area contributed by atoms with Crippen molar-refractivity contribution >= 4 is 41.6 Å². The number of aromatic carboxylic acids is 1. The number of hydrogen-bond donors (Lipinski definition) is 4. The van der Waals surface area contributed by atoms with E-state index in [4.69, 9.17) is 14.6 Å². The summed E-state index contributed by atoms with van der Waals surface area (Å²) in [5, 5.41) is 24.7. The maximum absolute atomic E-state index is 14.5. The van der Waals surface area contributed by atoms with Gasteiger partial charge in [-0.15, -0.1) is 0 Å². The Morgan fingerprint density at radius 3 is 2.06 bits per heavy atom. The molecule has 0 unspecified atom stereocenters. The van der Waals surface area contributed by atoms with Gasteiger partial charge in [-0.1, -0.05) is 110 Å². The molecule has 66 heavy (non-hydrogen) atoms. The van der Waals surface area contributed by atoms with E-state index >= 15 is 0 Å². The average Bonchev–Trinajstić information content (AvgIpc) is 3.76. The molecule has 1 aliphatic rings. The molecule has 2 aromatic rings. The highest BCUT2D eigenvalue weighted by molar-refractivity contribution is 5.90. The minimum absolute atomic E-state index is 0.0113. The third-order valence-electron chi connectivity index (χ3n) is 13.1. The predicted molar refractivity (Wildman–Crippen MR) is 256 cm³/mol. The fourth-order valence-corrected chi connectivity index (χ4v) is 9.22. The predicted octanol–water partition coefficient (Wildman–Crippen LogP) is 6.01. The number of hydrogen-bond acceptors (Lipinski definition) is 9. The first-order chi connectivity index (χ1) is 31.2. The number of nitrogens with zero attached hydrogens (tertiary/aromatic N) is 3. The molecule has 0 aromatic heterocycles. The lowest BCUT2D eigenvalue weighted by Gasteiger charge is -2.41. The molecule has 0 saturated carbocycles. The monoisotopic (exact) mass is 920 g/mol. The number of carboxylic acids is 2. The minimum Gasteiger partial charge on any atom is -0.481 e. The van der Waals surface area contributed by atoms with Gasteiger partial charge in [0.05, 0.1) is 54.3 Å². The largest absolute Gasteiger partial charge is 0.481 e. The van der Waals surface area contributed by atoms with Crippen LogP contribution in [0, 0.1) is 23.7 Å². The van der Waals surface area contributed by atoms with Gasteiger partial charge in [0.25, 0.3) is 0 Å². The lowest BCUT2D eigenvalue weighted by atomic mass is 9.89. The van der Waals surface area contributed by atoms with E-state index in [2.05, 4.69) is 10.6 Å². The Labute approximate surface area is 392 Å². The lowest BCUT2D eigenvalue weighted by molar-refractivity contribution is -0.148. The molecular weight excluding hydrogens is 843 g/mol. The highest BCUT2D eigenvalue weighted by atomic mass is 16.5. The summed E-state index contributed by atoms with van der Waals surface area (Å²) < 4.78 is 12.1. The summed E-state index contributed by atoms with van der Waals surface area (Å²) in [6.45, 7) is 14.3. The summed E-state index contributed by atoms with van der Waals surface area (Å²) in [5.41, 5.74) is 1.99. The number of carbonyl (C=O) groups is 6. The first-order valence-corrected chi connectivity index (χ1v) is 23.5. The van der Waals surface area contributed by atoms with Crippen LogP contribution in [0.4, 0.5) is 0 Å². The third kappa shape index (κ3) is 15.8. The van der Waals surface area contributed by atoms with Crippen molar-refractivity contribution < 1.29 is 48.5 Å². The Morgan fingerprint density at radius 2 is 1.52 bits per heavy atom. The van der Waals surface area contributed by atoms with Crippen molar-refractivity contribution in [3.05, 3.63) is 77.4 Å². The standard InChI is InChI=1S/C51H77N5O10/c1-12-34(6)46(55(9)50(62)44(32(2)3)53-49(61)45(33(4)5)54(8)28-17-21-43(58)59)41(65-10)31-42(57)56-29-16-20-40(56)47(66-11)35(7)48(60)52-39(30-37-18-14-13-15-19-37)27-24-36-22-25-38(26-23-36)51(63)64/h13-15,18-19,22-27,32-35,39-41,44-47H,12,16-17,20-21,28-31H2,1-11H3,(H,52,60)(H,53,61)(H,58,59)(H,63,64)/b27-24+/t34-,35+,39+,40-,41+,44-,45-,46-,47+/m0/s1. The zero-order valence-corrected chi connectivity index (χ0v) is 41.1. The number of ether oxygens (including phenoxy) is 2. The maximum Gasteiger partial charge on any atom is 0.335 e. The van der Waals surface area contributed by atoms with Crippen molar-refractivity contribution in [2.24, 2.45) is 23.7 Å². The molecule has 15 nitrogen and oxygen atoms in total. The van der Waals surface area contributed by atoms with E-state index < -0.39 is 60.3 Å². The van der Waals surface area contributed by atoms with E-state index in [9.17, 15) is 33.9 Å². The second-order valence-corrected chi connectivity index (χ2v) is 18.6. The van der Waals surface area contributed by atoms with Crippen LogP contribution in [-0.4, -0.2) is 144 Å². The van der Waals surface area contributed by atoms with Crippen LogP contribution in [0.3, 0.4) is 0 Å². The molecule has 4 N–H and O–H groups in total.